The number of fused-ring (bicyclic) bond motifs is 1. The number of carbonyl (C=O) groups excluding carboxylic acids is 1. The Morgan fingerprint density at radius 3 is 2.85 bits per heavy atom. The average molecular weight is 361 g/mol. The Morgan fingerprint density at radius 2 is 2.20 bits per heavy atom. The molecule has 5 nitrogen and oxygen atoms in total. The lowest BCUT2D eigenvalue weighted by Crippen LogP contribution is -2.44. The van der Waals surface area contributed by atoms with Gasteiger partial charge in [-0.15, -0.1) is 0 Å². The number of sulfone groups is 1. The van der Waals surface area contributed by atoms with Gasteiger partial charge in [-0.25, -0.2) is 8.42 Å². The number of carbonyl (C=O) groups is 1. The molecule has 1 unspecified atom stereocenters. The number of nitrogens with two attached hydrogens (primary N) is 1. The molecule has 1 aliphatic heterocycles. The molecule has 1 aromatic rings. The second-order valence-electron chi connectivity index (χ2n) is 5.04. The van der Waals surface area contributed by atoms with Crippen LogP contribution in [-0.4, -0.2) is 38.9 Å². The number of benzene rings is 1. The molecule has 1 heterocycles. The molecule has 0 spiro atoms. The minimum atomic E-state index is -3.10. The number of halogens is 1. The van der Waals surface area contributed by atoms with Gasteiger partial charge < -0.3 is 10.6 Å². The molecule has 1 aromatic carbocycles. The summed E-state index contributed by atoms with van der Waals surface area (Å²) < 4.78 is 23.2. The van der Waals surface area contributed by atoms with Crippen LogP contribution in [0.1, 0.15) is 12.0 Å². The Labute approximate surface area is 127 Å². The van der Waals surface area contributed by atoms with Crippen molar-refractivity contribution in [2.24, 2.45) is 5.73 Å². The highest BCUT2D eigenvalue weighted by Gasteiger charge is 2.28. The Hall–Kier alpha value is -0.920. The lowest BCUT2D eigenvalue weighted by molar-refractivity contribution is -0.119. The minimum absolute atomic E-state index is 0.0703. The van der Waals surface area contributed by atoms with Gasteiger partial charge in [0.05, 0.1) is 11.8 Å². The van der Waals surface area contributed by atoms with Crippen molar-refractivity contribution in [1.82, 2.24) is 0 Å². The van der Waals surface area contributed by atoms with Crippen molar-refractivity contribution >= 4 is 37.4 Å². The Morgan fingerprint density at radius 1 is 1.50 bits per heavy atom. The molecule has 20 heavy (non-hydrogen) atoms. The van der Waals surface area contributed by atoms with Gasteiger partial charge in [-0.3, -0.25) is 4.79 Å². The van der Waals surface area contributed by atoms with E-state index in [1.54, 1.807) is 4.90 Å². The molecule has 1 aliphatic rings. The van der Waals surface area contributed by atoms with Gasteiger partial charge in [0, 0.05) is 23.0 Å². The third-order valence-electron chi connectivity index (χ3n) is 3.33. The van der Waals surface area contributed by atoms with Gasteiger partial charge in [0.2, 0.25) is 5.91 Å². The summed E-state index contributed by atoms with van der Waals surface area (Å²) in [5, 5.41) is 0. The molecule has 110 valence electrons. The van der Waals surface area contributed by atoms with Gasteiger partial charge in [0.15, 0.2) is 0 Å². The zero-order chi connectivity index (χ0) is 14.9. The first-order valence-corrected chi connectivity index (χ1v) is 9.16. The highest BCUT2D eigenvalue weighted by molar-refractivity contribution is 9.10. The summed E-state index contributed by atoms with van der Waals surface area (Å²) >= 11 is 3.39. The van der Waals surface area contributed by atoms with Crippen molar-refractivity contribution < 1.29 is 13.2 Å². The number of hydrogen-bond acceptors (Lipinski definition) is 4. The molecule has 2 N–H and O–H groups in total. The van der Waals surface area contributed by atoms with Crippen LogP contribution in [0.3, 0.4) is 0 Å². The van der Waals surface area contributed by atoms with Gasteiger partial charge in [-0.1, -0.05) is 22.0 Å². The number of anilines is 1. The van der Waals surface area contributed by atoms with Gasteiger partial charge >= 0.3 is 0 Å². The molecule has 7 heteroatoms. The summed E-state index contributed by atoms with van der Waals surface area (Å²) in [5.41, 5.74) is 7.80. The van der Waals surface area contributed by atoms with E-state index >= 15 is 0 Å². The first-order chi connectivity index (χ1) is 9.28. The van der Waals surface area contributed by atoms with Crippen molar-refractivity contribution in [2.45, 2.75) is 18.9 Å². The van der Waals surface area contributed by atoms with E-state index in [9.17, 15) is 13.2 Å². The van der Waals surface area contributed by atoms with Crippen molar-refractivity contribution in [2.75, 3.05) is 23.5 Å². The molecule has 0 saturated carbocycles. The monoisotopic (exact) mass is 360 g/mol. The maximum Gasteiger partial charge on any atom is 0.243 e. The van der Waals surface area contributed by atoms with Gasteiger partial charge in [-0.2, -0.15) is 0 Å². The summed E-state index contributed by atoms with van der Waals surface area (Å²) in [5.74, 6) is -0.287. The SMILES string of the molecule is CS(=O)(=O)CCC(N)C(=O)N1CCc2ccc(Br)cc21. The maximum absolute atomic E-state index is 12.3. The van der Waals surface area contributed by atoms with Crippen LogP contribution in [0.2, 0.25) is 0 Å². The van der Waals surface area contributed by atoms with Crippen LogP contribution in [0.25, 0.3) is 0 Å². The van der Waals surface area contributed by atoms with E-state index in [4.69, 9.17) is 5.73 Å². The van der Waals surface area contributed by atoms with E-state index in [0.29, 0.717) is 6.54 Å². The first-order valence-electron chi connectivity index (χ1n) is 6.31. The molecule has 0 bridgehead atoms. The largest absolute Gasteiger partial charge is 0.320 e. The third-order valence-corrected chi connectivity index (χ3v) is 4.80. The van der Waals surface area contributed by atoms with Gasteiger partial charge in [-0.05, 0) is 30.5 Å². The number of hydrogen-bond donors (Lipinski definition) is 1. The van der Waals surface area contributed by atoms with Crippen LogP contribution < -0.4 is 10.6 Å². The topological polar surface area (TPSA) is 80.5 Å². The molecule has 2 rings (SSSR count). The zero-order valence-corrected chi connectivity index (χ0v) is 13.6. The molecule has 0 aromatic heterocycles. The van der Waals surface area contributed by atoms with Crippen molar-refractivity contribution in [3.63, 3.8) is 0 Å². The Bertz CT molecular complexity index is 631. The van der Waals surface area contributed by atoms with E-state index < -0.39 is 15.9 Å². The van der Waals surface area contributed by atoms with Crippen LogP contribution in [0.15, 0.2) is 22.7 Å². The highest BCUT2D eigenvalue weighted by atomic mass is 79.9. The molecule has 0 aliphatic carbocycles. The number of nitrogens with zero attached hydrogens (tertiary/aromatic N) is 1. The van der Waals surface area contributed by atoms with E-state index in [1.807, 2.05) is 18.2 Å². The Kier molecular flexibility index (Phi) is 4.51. The lowest BCUT2D eigenvalue weighted by atomic mass is 10.1. The fraction of sp³-hybridized carbons (Fsp3) is 0.462. The summed E-state index contributed by atoms with van der Waals surface area (Å²) in [4.78, 5) is 14.0. The summed E-state index contributed by atoms with van der Waals surface area (Å²) in [6, 6.07) is 5.03. The Balaban J connectivity index is 2.10. The quantitative estimate of drug-likeness (QED) is 0.871. The van der Waals surface area contributed by atoms with E-state index in [2.05, 4.69) is 15.9 Å². The first kappa shape index (κ1) is 15.5. The van der Waals surface area contributed by atoms with Crippen LogP contribution in [0.5, 0.6) is 0 Å². The van der Waals surface area contributed by atoms with Crippen molar-refractivity contribution in [3.8, 4) is 0 Å². The second kappa shape index (κ2) is 5.83. The maximum atomic E-state index is 12.3. The second-order valence-corrected chi connectivity index (χ2v) is 8.21. The average Bonchev–Trinajstić information content (AvgIpc) is 2.77. The predicted molar refractivity (Wildman–Crippen MR) is 82.5 cm³/mol. The molecule has 1 amide bonds. The highest BCUT2D eigenvalue weighted by Crippen LogP contribution is 2.31. The molecular weight excluding hydrogens is 344 g/mol. The summed E-state index contributed by atoms with van der Waals surface area (Å²) in [7, 11) is -3.10. The lowest BCUT2D eigenvalue weighted by Gasteiger charge is -2.21. The van der Waals surface area contributed by atoms with Crippen LogP contribution in [-0.2, 0) is 21.1 Å². The summed E-state index contributed by atoms with van der Waals surface area (Å²) in [6.07, 6.45) is 2.09. The fourth-order valence-electron chi connectivity index (χ4n) is 2.25. The molecule has 0 radical (unpaired) electrons. The number of rotatable bonds is 4. The van der Waals surface area contributed by atoms with Gasteiger partial charge in [0.25, 0.3) is 0 Å². The molecule has 1 atom stereocenters. The van der Waals surface area contributed by atoms with Crippen LogP contribution in [0.4, 0.5) is 5.69 Å². The third kappa shape index (κ3) is 3.59. The van der Waals surface area contributed by atoms with Crippen LogP contribution in [0, 0.1) is 0 Å². The van der Waals surface area contributed by atoms with Crippen molar-refractivity contribution in [3.05, 3.63) is 28.2 Å². The number of amides is 1. The van der Waals surface area contributed by atoms with E-state index in [0.717, 1.165) is 28.4 Å². The molecular formula is C13H17BrN2O3S. The zero-order valence-electron chi connectivity index (χ0n) is 11.2. The predicted octanol–water partition coefficient (Wildman–Crippen LogP) is 1.10. The molecule has 0 fully saturated rings. The molecule has 0 saturated heterocycles. The van der Waals surface area contributed by atoms with Gasteiger partial charge in [0.1, 0.15) is 9.84 Å². The van der Waals surface area contributed by atoms with E-state index in [1.165, 1.54) is 0 Å². The standard InChI is InChI=1S/C13H17BrN2O3S/c1-20(18,19)7-5-11(15)13(17)16-6-4-9-2-3-10(14)8-12(9)16/h2-3,8,11H,4-7,15H2,1H3. The summed E-state index contributed by atoms with van der Waals surface area (Å²) in [6.45, 7) is 0.594. The van der Waals surface area contributed by atoms with Crippen LogP contribution >= 0.6 is 15.9 Å². The normalized spacial score (nSPS) is 16.1. The fourth-order valence-corrected chi connectivity index (χ4v) is 3.28. The minimum Gasteiger partial charge on any atom is -0.320 e. The van der Waals surface area contributed by atoms with E-state index in [-0.39, 0.29) is 18.1 Å². The smallest absolute Gasteiger partial charge is 0.243 e. The van der Waals surface area contributed by atoms with Crippen molar-refractivity contribution in [1.29, 1.82) is 0 Å².